The number of carbonyl (C=O) groups is 1. The van der Waals surface area contributed by atoms with Gasteiger partial charge >= 0.3 is 5.97 Å². The van der Waals surface area contributed by atoms with Gasteiger partial charge in [-0.1, -0.05) is 25.2 Å². The van der Waals surface area contributed by atoms with E-state index in [1.54, 1.807) is 6.08 Å². The molecule has 0 bridgehead atoms. The van der Waals surface area contributed by atoms with Crippen LogP contribution < -0.4 is 0 Å². The fourth-order valence-corrected chi connectivity index (χ4v) is 2.28. The van der Waals surface area contributed by atoms with Gasteiger partial charge in [0.2, 0.25) is 0 Å². The summed E-state index contributed by atoms with van der Waals surface area (Å²) >= 11 is 0. The van der Waals surface area contributed by atoms with E-state index in [9.17, 15) is 4.79 Å². The average Bonchev–Trinajstić information content (AvgIpc) is 2.92. The zero-order valence-corrected chi connectivity index (χ0v) is 8.47. The van der Waals surface area contributed by atoms with Crippen molar-refractivity contribution in [2.24, 2.45) is 0 Å². The van der Waals surface area contributed by atoms with Crippen LogP contribution in [0, 0.1) is 0 Å². The number of hydrogen-bond donors (Lipinski definition) is 0. The van der Waals surface area contributed by atoms with Gasteiger partial charge in [-0.3, -0.25) is 0 Å². The first-order valence-electron chi connectivity index (χ1n) is 5.23. The molecule has 0 aromatic heterocycles. The Morgan fingerprint density at radius 3 is 3.27 bits per heavy atom. The second kappa shape index (κ2) is 2.83. The highest BCUT2D eigenvalue weighted by atomic mass is 16.7. The van der Waals surface area contributed by atoms with Crippen LogP contribution >= 0.6 is 0 Å². The van der Waals surface area contributed by atoms with E-state index in [2.05, 4.69) is 0 Å². The molecule has 3 unspecified atom stereocenters. The van der Waals surface area contributed by atoms with Crippen molar-refractivity contribution in [1.29, 1.82) is 0 Å². The Kier molecular flexibility index (Phi) is 1.68. The zero-order chi connectivity index (χ0) is 10.5. The second-order valence-electron chi connectivity index (χ2n) is 3.96. The highest BCUT2D eigenvalue weighted by Crippen LogP contribution is 2.54. The first-order valence-corrected chi connectivity index (χ1v) is 5.23. The lowest BCUT2D eigenvalue weighted by atomic mass is 9.88. The van der Waals surface area contributed by atoms with Gasteiger partial charge in [-0.15, -0.1) is 0 Å². The minimum Gasteiger partial charge on any atom is -0.451 e. The van der Waals surface area contributed by atoms with E-state index in [0.717, 1.165) is 6.42 Å². The molecular formula is C12H12O3. The number of ether oxygens (including phenoxy) is 2. The molecule has 3 rings (SSSR count). The second-order valence-corrected chi connectivity index (χ2v) is 3.96. The topological polar surface area (TPSA) is 38.8 Å². The number of cyclic esters (lactones) is 1. The number of epoxide rings is 1. The smallest absolute Gasteiger partial charge is 0.337 e. The number of allylic oxidation sites excluding steroid dienone is 3. The van der Waals surface area contributed by atoms with Crippen molar-refractivity contribution in [3.05, 3.63) is 36.0 Å². The number of hydrogen-bond acceptors (Lipinski definition) is 3. The fraction of sp³-hybridized carbons (Fsp3) is 0.417. The Morgan fingerprint density at radius 2 is 2.47 bits per heavy atom. The van der Waals surface area contributed by atoms with E-state index in [-0.39, 0.29) is 18.2 Å². The molecule has 3 atom stereocenters. The Morgan fingerprint density at radius 1 is 1.60 bits per heavy atom. The molecule has 2 saturated heterocycles. The molecule has 0 aromatic carbocycles. The maximum Gasteiger partial charge on any atom is 0.337 e. The number of carbonyl (C=O) groups excluding carboxylic acids is 1. The summed E-state index contributed by atoms with van der Waals surface area (Å²) in [4.78, 5) is 11.6. The van der Waals surface area contributed by atoms with Gasteiger partial charge < -0.3 is 9.47 Å². The summed E-state index contributed by atoms with van der Waals surface area (Å²) in [5.41, 5.74) is 0.179. The van der Waals surface area contributed by atoms with Gasteiger partial charge in [0.25, 0.3) is 0 Å². The predicted octanol–water partition coefficient (Wildman–Crippen LogP) is 1.51. The largest absolute Gasteiger partial charge is 0.451 e. The third-order valence-electron chi connectivity index (χ3n) is 3.08. The van der Waals surface area contributed by atoms with Crippen molar-refractivity contribution < 1.29 is 14.3 Å². The molecular weight excluding hydrogens is 192 g/mol. The van der Waals surface area contributed by atoms with E-state index < -0.39 is 5.60 Å². The van der Waals surface area contributed by atoms with Gasteiger partial charge in [0.15, 0.2) is 11.7 Å². The lowest BCUT2D eigenvalue weighted by molar-refractivity contribution is -0.137. The van der Waals surface area contributed by atoms with Gasteiger partial charge in [0.05, 0.1) is 5.57 Å². The molecule has 0 N–H and O–H groups in total. The minimum absolute atomic E-state index is 0.0236. The summed E-state index contributed by atoms with van der Waals surface area (Å²) < 4.78 is 10.9. The van der Waals surface area contributed by atoms with Crippen molar-refractivity contribution in [3.8, 4) is 0 Å². The maximum atomic E-state index is 11.6. The van der Waals surface area contributed by atoms with Crippen LogP contribution in [0.1, 0.15) is 13.3 Å². The van der Waals surface area contributed by atoms with E-state index in [1.165, 1.54) is 0 Å². The molecule has 2 heterocycles. The van der Waals surface area contributed by atoms with Crippen molar-refractivity contribution in [1.82, 2.24) is 0 Å². The fourth-order valence-electron chi connectivity index (χ4n) is 2.28. The molecule has 3 nitrogen and oxygen atoms in total. The Bertz CT molecular complexity index is 405. The first kappa shape index (κ1) is 8.92. The quantitative estimate of drug-likeness (QED) is 0.389. The summed E-state index contributed by atoms with van der Waals surface area (Å²) in [5.74, 6) is -0.243. The molecule has 0 saturated carbocycles. The molecule has 0 amide bonds. The normalized spacial score (nSPS) is 41.1. The van der Waals surface area contributed by atoms with E-state index in [0.29, 0.717) is 5.57 Å². The lowest BCUT2D eigenvalue weighted by Crippen LogP contribution is -2.27. The van der Waals surface area contributed by atoms with E-state index in [1.807, 2.05) is 31.2 Å². The van der Waals surface area contributed by atoms with Crippen LogP contribution in [0.4, 0.5) is 0 Å². The standard InChI is InChI=1S/C12H12O3/c1-2-3-6-9-12-8(11(13)14-9)5-4-7-10(12)15-12/h3-7,9-10H,2H2,1H3. The van der Waals surface area contributed by atoms with Crippen LogP contribution in [0.2, 0.25) is 0 Å². The Labute approximate surface area is 88.1 Å². The van der Waals surface area contributed by atoms with Gasteiger partial charge in [-0.2, -0.15) is 0 Å². The van der Waals surface area contributed by atoms with Crippen molar-refractivity contribution in [3.63, 3.8) is 0 Å². The average molecular weight is 204 g/mol. The summed E-state index contributed by atoms with van der Waals surface area (Å²) in [5, 5.41) is 0. The van der Waals surface area contributed by atoms with Gasteiger partial charge in [-0.25, -0.2) is 4.79 Å². The molecule has 3 heteroatoms. The number of rotatable bonds is 2. The first-order chi connectivity index (χ1) is 7.29. The van der Waals surface area contributed by atoms with Gasteiger partial charge in [-0.05, 0) is 18.6 Å². The summed E-state index contributed by atoms with van der Waals surface area (Å²) in [6.07, 6.45) is 10.3. The summed E-state index contributed by atoms with van der Waals surface area (Å²) in [6.45, 7) is 2.05. The van der Waals surface area contributed by atoms with Crippen LogP contribution in [0.3, 0.4) is 0 Å². The molecule has 1 spiro atoms. The molecule has 3 aliphatic rings. The molecule has 2 fully saturated rings. The molecule has 0 radical (unpaired) electrons. The molecule has 0 aromatic rings. The van der Waals surface area contributed by atoms with Crippen LogP contribution in [-0.2, 0) is 14.3 Å². The molecule has 78 valence electrons. The Balaban J connectivity index is 1.97. The van der Waals surface area contributed by atoms with Gasteiger partial charge in [0, 0.05) is 0 Å². The Hall–Kier alpha value is -1.35. The third kappa shape index (κ3) is 1.01. The summed E-state index contributed by atoms with van der Waals surface area (Å²) in [6, 6.07) is 0. The third-order valence-corrected chi connectivity index (χ3v) is 3.08. The van der Waals surface area contributed by atoms with E-state index >= 15 is 0 Å². The predicted molar refractivity (Wildman–Crippen MR) is 54.1 cm³/mol. The SMILES string of the molecule is CCC=CC1OC(=O)C2=CC=CC3OC213. The van der Waals surface area contributed by atoms with Gasteiger partial charge in [0.1, 0.15) is 6.10 Å². The van der Waals surface area contributed by atoms with Crippen LogP contribution in [0.5, 0.6) is 0 Å². The lowest BCUT2D eigenvalue weighted by Gasteiger charge is -2.10. The molecule has 15 heavy (non-hydrogen) atoms. The maximum absolute atomic E-state index is 11.6. The molecule has 2 aliphatic heterocycles. The highest BCUT2D eigenvalue weighted by molar-refractivity contribution is 5.96. The van der Waals surface area contributed by atoms with Crippen molar-refractivity contribution in [2.75, 3.05) is 0 Å². The van der Waals surface area contributed by atoms with Crippen LogP contribution in [0.25, 0.3) is 0 Å². The molecule has 1 aliphatic carbocycles. The summed E-state index contributed by atoms with van der Waals surface area (Å²) in [7, 11) is 0. The monoisotopic (exact) mass is 204 g/mol. The van der Waals surface area contributed by atoms with Crippen molar-refractivity contribution in [2.45, 2.75) is 31.2 Å². The van der Waals surface area contributed by atoms with Crippen LogP contribution in [0.15, 0.2) is 36.0 Å². The van der Waals surface area contributed by atoms with Crippen molar-refractivity contribution >= 4 is 5.97 Å². The number of esters is 1. The zero-order valence-electron chi connectivity index (χ0n) is 8.47. The van der Waals surface area contributed by atoms with E-state index in [4.69, 9.17) is 9.47 Å². The highest BCUT2D eigenvalue weighted by Gasteiger charge is 2.70. The van der Waals surface area contributed by atoms with Crippen LogP contribution in [-0.4, -0.2) is 23.8 Å². The minimum atomic E-state index is -0.489.